The van der Waals surface area contributed by atoms with Crippen molar-refractivity contribution in [2.45, 2.75) is 44.6 Å². The average Bonchev–Trinajstić information content (AvgIpc) is 2.91. The third-order valence-electron chi connectivity index (χ3n) is 5.32. The molecule has 0 unspecified atom stereocenters. The van der Waals surface area contributed by atoms with Crippen LogP contribution in [-0.2, 0) is 11.8 Å². The summed E-state index contributed by atoms with van der Waals surface area (Å²) in [6, 6.07) is 2.07. The van der Waals surface area contributed by atoms with Crippen LogP contribution in [0.3, 0.4) is 0 Å². The van der Waals surface area contributed by atoms with Gasteiger partial charge in [0.25, 0.3) is 0 Å². The Bertz CT molecular complexity index is 551. The molecular weight excluding hydrogens is 292 g/mol. The fraction of sp³-hybridized carbons (Fsp3) is 0.765. The minimum atomic E-state index is -0.0466. The third kappa shape index (κ3) is 3.37. The summed E-state index contributed by atoms with van der Waals surface area (Å²) in [5.41, 5.74) is 1.12. The second-order valence-corrected chi connectivity index (χ2v) is 7.22. The number of hydrogen-bond acceptors (Lipinski definition) is 3. The first kappa shape index (κ1) is 16.3. The Labute approximate surface area is 138 Å². The van der Waals surface area contributed by atoms with Crippen LogP contribution in [0.1, 0.15) is 44.7 Å². The summed E-state index contributed by atoms with van der Waals surface area (Å²) in [6.07, 6.45) is 5.20. The van der Waals surface area contributed by atoms with Gasteiger partial charge in [0.2, 0.25) is 0 Å². The molecule has 1 aliphatic heterocycles. The number of urea groups is 1. The van der Waals surface area contributed by atoms with Crippen molar-refractivity contribution in [1.29, 1.82) is 0 Å². The topological polar surface area (TPSA) is 59.4 Å². The summed E-state index contributed by atoms with van der Waals surface area (Å²) in [7, 11) is 1.95. The Kier molecular flexibility index (Phi) is 4.62. The minimum absolute atomic E-state index is 0.0346. The number of rotatable bonds is 4. The average molecular weight is 320 g/mol. The van der Waals surface area contributed by atoms with Crippen molar-refractivity contribution in [2.75, 3.05) is 26.2 Å². The van der Waals surface area contributed by atoms with E-state index in [0.29, 0.717) is 25.6 Å². The molecule has 0 radical (unpaired) electrons. The van der Waals surface area contributed by atoms with Gasteiger partial charge >= 0.3 is 6.03 Å². The van der Waals surface area contributed by atoms with Gasteiger partial charge in [0.1, 0.15) is 0 Å². The summed E-state index contributed by atoms with van der Waals surface area (Å²) < 4.78 is 7.78. The van der Waals surface area contributed by atoms with Crippen LogP contribution < -0.4 is 5.32 Å². The lowest BCUT2D eigenvalue weighted by atomic mass is 9.79. The molecule has 2 heterocycles. The Morgan fingerprint density at radius 2 is 2.26 bits per heavy atom. The molecule has 1 saturated heterocycles. The van der Waals surface area contributed by atoms with Crippen molar-refractivity contribution < 1.29 is 9.53 Å². The largest absolute Gasteiger partial charge is 0.371 e. The van der Waals surface area contributed by atoms with E-state index in [1.165, 1.54) is 6.42 Å². The smallest absolute Gasteiger partial charge is 0.317 e. The van der Waals surface area contributed by atoms with Gasteiger partial charge < -0.3 is 15.0 Å². The summed E-state index contributed by atoms with van der Waals surface area (Å²) in [5.74, 6) is 0.707. The highest BCUT2D eigenvalue weighted by atomic mass is 16.5. The van der Waals surface area contributed by atoms with E-state index in [9.17, 15) is 4.79 Å². The molecule has 3 rings (SSSR count). The van der Waals surface area contributed by atoms with Crippen molar-refractivity contribution in [3.05, 3.63) is 18.0 Å². The zero-order valence-electron chi connectivity index (χ0n) is 14.4. The standard InChI is InChI=1S/C17H28N4O2/c1-13(2)14(15-5-8-19-20(15)3)11-18-16(22)21-9-10-23-17(12-21)6-4-7-17/h5,8,13-14H,4,6-7,9-12H2,1-3H3,(H,18,22)/t14-/m0/s1. The van der Waals surface area contributed by atoms with Crippen molar-refractivity contribution in [3.8, 4) is 0 Å². The van der Waals surface area contributed by atoms with Crippen molar-refractivity contribution in [2.24, 2.45) is 13.0 Å². The van der Waals surface area contributed by atoms with E-state index in [2.05, 4.69) is 24.3 Å². The van der Waals surface area contributed by atoms with Gasteiger partial charge in [-0.25, -0.2) is 4.79 Å². The molecule has 6 nitrogen and oxygen atoms in total. The van der Waals surface area contributed by atoms with Crippen molar-refractivity contribution in [1.82, 2.24) is 20.0 Å². The molecule has 2 amide bonds. The number of carbonyl (C=O) groups is 1. The predicted molar refractivity (Wildman–Crippen MR) is 88.3 cm³/mol. The van der Waals surface area contributed by atoms with Gasteiger partial charge in [0.15, 0.2) is 0 Å². The Morgan fingerprint density at radius 3 is 2.83 bits per heavy atom. The van der Waals surface area contributed by atoms with Gasteiger partial charge in [-0.15, -0.1) is 0 Å². The maximum Gasteiger partial charge on any atom is 0.317 e. The van der Waals surface area contributed by atoms with Crippen LogP contribution >= 0.6 is 0 Å². The normalized spacial score (nSPS) is 21.3. The first-order valence-corrected chi connectivity index (χ1v) is 8.65. The van der Waals surface area contributed by atoms with E-state index in [1.54, 1.807) is 0 Å². The van der Waals surface area contributed by atoms with E-state index < -0.39 is 0 Å². The van der Waals surface area contributed by atoms with Gasteiger partial charge in [-0.05, 0) is 31.2 Å². The highest BCUT2D eigenvalue weighted by Gasteiger charge is 2.43. The molecule has 1 atom stereocenters. The molecule has 2 aliphatic rings. The van der Waals surface area contributed by atoms with Crippen LogP contribution in [-0.4, -0.2) is 52.6 Å². The molecule has 6 heteroatoms. The summed E-state index contributed by atoms with van der Waals surface area (Å²) in [5, 5.41) is 7.38. The number of carbonyl (C=O) groups excluding carboxylic acids is 1. The lowest BCUT2D eigenvalue weighted by molar-refractivity contribution is -0.141. The van der Waals surface area contributed by atoms with Gasteiger partial charge in [0.05, 0.1) is 18.8 Å². The van der Waals surface area contributed by atoms with E-state index in [4.69, 9.17) is 4.74 Å². The molecular formula is C17H28N4O2. The van der Waals surface area contributed by atoms with E-state index in [0.717, 1.165) is 25.1 Å². The number of nitrogens with zero attached hydrogens (tertiary/aromatic N) is 3. The molecule has 0 bridgehead atoms. The number of ether oxygens (including phenoxy) is 1. The SMILES string of the molecule is CC(C)[C@H](CNC(=O)N1CCOC2(CCC2)C1)c1ccnn1C. The second-order valence-electron chi connectivity index (χ2n) is 7.22. The Morgan fingerprint density at radius 1 is 1.48 bits per heavy atom. The molecule has 2 fully saturated rings. The van der Waals surface area contributed by atoms with Crippen LogP contribution in [0.15, 0.2) is 12.3 Å². The first-order chi connectivity index (χ1) is 11.0. The third-order valence-corrected chi connectivity index (χ3v) is 5.32. The fourth-order valence-corrected chi connectivity index (χ4v) is 3.63. The Balaban J connectivity index is 1.58. The molecule has 1 N–H and O–H groups in total. The lowest BCUT2D eigenvalue weighted by Gasteiger charge is -2.48. The second kappa shape index (κ2) is 6.51. The van der Waals surface area contributed by atoms with Crippen LogP contribution in [0.5, 0.6) is 0 Å². The van der Waals surface area contributed by atoms with Crippen LogP contribution in [0.25, 0.3) is 0 Å². The maximum absolute atomic E-state index is 12.5. The van der Waals surface area contributed by atoms with Gasteiger partial charge in [-0.3, -0.25) is 4.68 Å². The van der Waals surface area contributed by atoms with Gasteiger partial charge in [0, 0.05) is 37.9 Å². The molecule has 1 aromatic rings. The van der Waals surface area contributed by atoms with Crippen LogP contribution in [0.2, 0.25) is 0 Å². The zero-order valence-corrected chi connectivity index (χ0v) is 14.4. The molecule has 1 spiro atoms. The predicted octanol–water partition coefficient (Wildman–Crippen LogP) is 2.12. The van der Waals surface area contributed by atoms with Crippen molar-refractivity contribution >= 4 is 6.03 Å². The molecule has 1 aliphatic carbocycles. The minimum Gasteiger partial charge on any atom is -0.371 e. The fourth-order valence-electron chi connectivity index (χ4n) is 3.63. The summed E-state index contributed by atoms with van der Waals surface area (Å²) in [6.45, 7) is 7.08. The number of aryl methyl sites for hydroxylation is 1. The molecule has 1 saturated carbocycles. The summed E-state index contributed by atoms with van der Waals surface area (Å²) >= 11 is 0. The van der Waals surface area contributed by atoms with E-state index in [1.807, 2.05) is 28.9 Å². The van der Waals surface area contributed by atoms with Gasteiger partial charge in [-0.1, -0.05) is 13.8 Å². The molecule has 128 valence electrons. The highest BCUT2D eigenvalue weighted by molar-refractivity contribution is 5.74. The zero-order chi connectivity index (χ0) is 16.4. The number of nitrogens with one attached hydrogen (secondary N) is 1. The quantitative estimate of drug-likeness (QED) is 0.924. The Hall–Kier alpha value is -1.56. The lowest BCUT2D eigenvalue weighted by Crippen LogP contribution is -2.59. The van der Waals surface area contributed by atoms with Crippen LogP contribution in [0, 0.1) is 5.92 Å². The number of amides is 2. The molecule has 0 aromatic carbocycles. The van der Waals surface area contributed by atoms with Crippen LogP contribution in [0.4, 0.5) is 4.79 Å². The molecule has 1 aromatic heterocycles. The van der Waals surface area contributed by atoms with E-state index >= 15 is 0 Å². The number of morpholine rings is 1. The summed E-state index contributed by atoms with van der Waals surface area (Å²) in [4.78, 5) is 14.5. The number of aromatic nitrogens is 2. The highest BCUT2D eigenvalue weighted by Crippen LogP contribution is 2.38. The molecule has 23 heavy (non-hydrogen) atoms. The maximum atomic E-state index is 12.5. The number of hydrogen-bond donors (Lipinski definition) is 1. The first-order valence-electron chi connectivity index (χ1n) is 8.65. The van der Waals surface area contributed by atoms with Crippen molar-refractivity contribution in [3.63, 3.8) is 0 Å². The monoisotopic (exact) mass is 320 g/mol. The van der Waals surface area contributed by atoms with Gasteiger partial charge in [-0.2, -0.15) is 5.10 Å². The van der Waals surface area contributed by atoms with E-state index in [-0.39, 0.29) is 17.6 Å².